The maximum absolute atomic E-state index is 12.5. The van der Waals surface area contributed by atoms with Crippen LogP contribution in [0.2, 0.25) is 0 Å². The zero-order valence-corrected chi connectivity index (χ0v) is 23.7. The Morgan fingerprint density at radius 2 is 1.38 bits per heavy atom. The smallest absolute Gasteiger partial charge is 0.308 e. The van der Waals surface area contributed by atoms with Crippen LogP contribution < -0.4 is 4.74 Å². The molecular formula is C33H50O4. The van der Waals surface area contributed by atoms with Gasteiger partial charge in [0.2, 0.25) is 0 Å². The molecule has 0 aliphatic heterocycles. The quantitative estimate of drug-likeness (QED) is 0.153. The Morgan fingerprint density at radius 3 is 1.95 bits per heavy atom. The molecule has 4 heteroatoms. The minimum Gasteiger partial charge on any atom is -0.494 e. The molecule has 0 radical (unpaired) electrons. The molecule has 37 heavy (non-hydrogen) atoms. The van der Waals surface area contributed by atoms with Crippen molar-refractivity contribution < 1.29 is 19.4 Å². The fourth-order valence-electron chi connectivity index (χ4n) is 5.36. The average Bonchev–Trinajstić information content (AvgIpc) is 2.93. The molecule has 3 unspecified atom stereocenters. The van der Waals surface area contributed by atoms with Crippen LogP contribution in [-0.4, -0.2) is 31.4 Å². The van der Waals surface area contributed by atoms with Gasteiger partial charge in [0.05, 0.1) is 19.6 Å². The molecule has 2 aromatic carbocycles. The molecule has 4 nitrogen and oxygen atoms in total. The van der Waals surface area contributed by atoms with Crippen LogP contribution in [0.3, 0.4) is 0 Å². The van der Waals surface area contributed by atoms with E-state index in [2.05, 4.69) is 68.4 Å². The highest BCUT2D eigenvalue weighted by atomic mass is 16.5. The lowest BCUT2D eigenvalue weighted by atomic mass is 9.64. The molecule has 2 rings (SSSR count). The van der Waals surface area contributed by atoms with Crippen molar-refractivity contribution in [2.75, 3.05) is 20.3 Å². The third kappa shape index (κ3) is 10.2. The van der Waals surface area contributed by atoms with Gasteiger partial charge in [-0.1, -0.05) is 108 Å². The number of hydrogen-bond donors (Lipinski definition) is 1. The van der Waals surface area contributed by atoms with E-state index in [4.69, 9.17) is 14.6 Å². The fraction of sp³-hybridized carbons (Fsp3) is 0.606. The Balaban J connectivity index is 2.08. The molecule has 0 aliphatic carbocycles. The van der Waals surface area contributed by atoms with Crippen LogP contribution in [-0.2, 0) is 14.9 Å². The van der Waals surface area contributed by atoms with Crippen LogP contribution in [0.15, 0.2) is 54.6 Å². The van der Waals surface area contributed by atoms with Gasteiger partial charge < -0.3 is 14.6 Å². The van der Waals surface area contributed by atoms with Gasteiger partial charge in [-0.05, 0) is 54.9 Å². The van der Waals surface area contributed by atoms with Crippen LogP contribution in [0.4, 0.5) is 0 Å². The number of hydrogen-bond acceptors (Lipinski definition) is 4. The molecule has 0 saturated heterocycles. The van der Waals surface area contributed by atoms with Crippen LogP contribution in [0.25, 0.3) is 0 Å². The summed E-state index contributed by atoms with van der Waals surface area (Å²) in [6.07, 6.45) is 12.1. The maximum Gasteiger partial charge on any atom is 0.308 e. The molecule has 2 aromatic rings. The van der Waals surface area contributed by atoms with Crippen molar-refractivity contribution in [2.45, 2.75) is 96.8 Å². The zero-order valence-electron chi connectivity index (χ0n) is 23.7. The topological polar surface area (TPSA) is 55.8 Å². The van der Waals surface area contributed by atoms with Gasteiger partial charge in [-0.2, -0.15) is 0 Å². The minimum absolute atomic E-state index is 0.158. The van der Waals surface area contributed by atoms with Crippen molar-refractivity contribution in [3.8, 4) is 5.75 Å². The summed E-state index contributed by atoms with van der Waals surface area (Å²) in [7, 11) is 1.48. The summed E-state index contributed by atoms with van der Waals surface area (Å²) in [5, 5.41) is 8.84. The van der Waals surface area contributed by atoms with Crippen LogP contribution in [0.1, 0.15) is 103 Å². The van der Waals surface area contributed by atoms with E-state index in [-0.39, 0.29) is 17.3 Å². The Kier molecular flexibility index (Phi) is 14.4. The number of esters is 1. The number of aliphatic hydroxyl groups is 1. The van der Waals surface area contributed by atoms with Crippen LogP contribution >= 0.6 is 0 Å². The Hall–Kier alpha value is -2.33. The van der Waals surface area contributed by atoms with E-state index in [1.54, 1.807) is 0 Å². The monoisotopic (exact) mass is 510 g/mol. The largest absolute Gasteiger partial charge is 0.494 e. The second-order valence-electron chi connectivity index (χ2n) is 10.7. The van der Waals surface area contributed by atoms with Gasteiger partial charge >= 0.3 is 5.97 Å². The number of ether oxygens (including phenoxy) is 2. The van der Waals surface area contributed by atoms with E-state index >= 15 is 0 Å². The standard InChI is InChI=1S/C33H50O4/c1-5-27(2)25-33(26-28(3)32(35)36-4,29-17-13-12-14-18-29)30-19-21-31(22-20-30)37-24-16-11-9-7-6-8-10-15-23-34/h12-14,17-22,27-28,34H,5-11,15-16,23-26H2,1-4H3. The number of aliphatic hydroxyl groups excluding tert-OH is 1. The van der Waals surface area contributed by atoms with Gasteiger partial charge in [0.25, 0.3) is 0 Å². The summed E-state index contributed by atoms with van der Waals surface area (Å²) in [6, 6.07) is 19.2. The Labute approximate surface area is 225 Å². The predicted molar refractivity (Wildman–Crippen MR) is 153 cm³/mol. The first kappa shape index (κ1) is 30.9. The van der Waals surface area contributed by atoms with E-state index in [9.17, 15) is 4.79 Å². The van der Waals surface area contributed by atoms with Gasteiger partial charge in [0.1, 0.15) is 5.75 Å². The van der Waals surface area contributed by atoms with Crippen LogP contribution in [0, 0.1) is 11.8 Å². The summed E-state index contributed by atoms with van der Waals surface area (Å²) >= 11 is 0. The van der Waals surface area contributed by atoms with Crippen LogP contribution in [0.5, 0.6) is 5.75 Å². The lowest BCUT2D eigenvalue weighted by Gasteiger charge is -2.39. The first-order valence-corrected chi connectivity index (χ1v) is 14.4. The molecular weight excluding hydrogens is 460 g/mol. The highest BCUT2D eigenvalue weighted by molar-refractivity contribution is 5.72. The number of unbranched alkanes of at least 4 members (excludes halogenated alkanes) is 7. The summed E-state index contributed by atoms with van der Waals surface area (Å²) in [6.45, 7) is 7.56. The molecule has 1 N–H and O–H groups in total. The highest BCUT2D eigenvalue weighted by Crippen LogP contribution is 2.44. The molecule has 3 atom stereocenters. The lowest BCUT2D eigenvalue weighted by molar-refractivity contribution is -0.145. The summed E-state index contributed by atoms with van der Waals surface area (Å²) in [4.78, 5) is 12.5. The second-order valence-corrected chi connectivity index (χ2v) is 10.7. The number of carbonyl (C=O) groups excluding carboxylic acids is 1. The normalized spacial score (nSPS) is 14.5. The molecule has 0 spiro atoms. The van der Waals surface area contributed by atoms with Crippen molar-refractivity contribution >= 4 is 5.97 Å². The maximum atomic E-state index is 12.5. The number of rotatable bonds is 19. The SMILES string of the molecule is CCC(C)CC(CC(C)C(=O)OC)(c1ccccc1)c1ccc(OCCCCCCCCCCO)cc1. The number of benzene rings is 2. The van der Waals surface area contributed by atoms with Gasteiger partial charge in [0, 0.05) is 12.0 Å². The van der Waals surface area contributed by atoms with Crippen molar-refractivity contribution in [3.05, 3.63) is 65.7 Å². The van der Waals surface area contributed by atoms with Gasteiger partial charge in [-0.25, -0.2) is 0 Å². The molecule has 206 valence electrons. The summed E-state index contributed by atoms with van der Waals surface area (Å²) < 4.78 is 11.2. The molecule has 0 amide bonds. The molecule has 0 fully saturated rings. The number of carbonyl (C=O) groups is 1. The van der Waals surface area contributed by atoms with E-state index < -0.39 is 0 Å². The molecule has 0 heterocycles. The zero-order chi connectivity index (χ0) is 26.9. The first-order valence-electron chi connectivity index (χ1n) is 14.4. The Bertz CT molecular complexity index is 864. The Morgan fingerprint density at radius 1 is 0.811 bits per heavy atom. The van der Waals surface area contributed by atoms with E-state index in [0.29, 0.717) is 18.9 Å². The third-order valence-electron chi connectivity index (χ3n) is 7.71. The van der Waals surface area contributed by atoms with Gasteiger partial charge in [-0.3, -0.25) is 4.79 Å². The van der Waals surface area contributed by atoms with Gasteiger partial charge in [0.15, 0.2) is 0 Å². The molecule has 0 aliphatic rings. The van der Waals surface area contributed by atoms with E-state index in [1.165, 1.54) is 50.3 Å². The molecule has 0 bridgehead atoms. The molecule has 0 aromatic heterocycles. The van der Waals surface area contributed by atoms with Crippen molar-refractivity contribution in [1.82, 2.24) is 0 Å². The summed E-state index contributed by atoms with van der Waals surface area (Å²) in [5.74, 6) is 1.05. The average molecular weight is 511 g/mol. The minimum atomic E-state index is -0.278. The highest BCUT2D eigenvalue weighted by Gasteiger charge is 2.38. The number of methoxy groups -OCH3 is 1. The fourth-order valence-corrected chi connectivity index (χ4v) is 5.36. The second kappa shape index (κ2) is 17.2. The van der Waals surface area contributed by atoms with Crippen molar-refractivity contribution in [2.24, 2.45) is 11.8 Å². The first-order chi connectivity index (χ1) is 18.0. The lowest BCUT2D eigenvalue weighted by Crippen LogP contribution is -2.34. The van der Waals surface area contributed by atoms with Gasteiger partial charge in [-0.15, -0.1) is 0 Å². The third-order valence-corrected chi connectivity index (χ3v) is 7.71. The van der Waals surface area contributed by atoms with Crippen molar-refractivity contribution in [3.63, 3.8) is 0 Å². The van der Waals surface area contributed by atoms with E-state index in [0.717, 1.165) is 44.5 Å². The van der Waals surface area contributed by atoms with E-state index in [1.807, 2.05) is 6.92 Å². The van der Waals surface area contributed by atoms with Crippen molar-refractivity contribution in [1.29, 1.82) is 0 Å². The molecule has 0 saturated carbocycles. The summed E-state index contributed by atoms with van der Waals surface area (Å²) in [5.41, 5.74) is 2.19. The predicted octanol–water partition coefficient (Wildman–Crippen LogP) is 8.10.